The molecule has 0 atom stereocenters. The molecule has 0 saturated heterocycles. The molecule has 2 rings (SSSR count). The third-order valence-corrected chi connectivity index (χ3v) is 2.98. The molecule has 84 valence electrons. The summed E-state index contributed by atoms with van der Waals surface area (Å²) in [6.45, 7) is 3.85. The Morgan fingerprint density at radius 2 is 2.06 bits per heavy atom. The Balaban J connectivity index is 1.84. The van der Waals surface area contributed by atoms with Crippen molar-refractivity contribution in [3.63, 3.8) is 0 Å². The lowest BCUT2D eigenvalue weighted by molar-refractivity contribution is 0.701. The summed E-state index contributed by atoms with van der Waals surface area (Å²) < 4.78 is 3.23. The first kappa shape index (κ1) is 11.2. The maximum Gasteiger partial charge on any atom is 0.105 e. The lowest BCUT2D eigenvalue weighted by atomic mass is 10.3. The van der Waals surface area contributed by atoms with E-state index in [2.05, 4.69) is 42.9 Å². The van der Waals surface area contributed by atoms with Gasteiger partial charge in [0.25, 0.3) is 0 Å². The second-order valence-corrected chi connectivity index (χ2v) is 4.52. The van der Waals surface area contributed by atoms with Gasteiger partial charge in [0.15, 0.2) is 0 Å². The Bertz CT molecular complexity index is 448. The lowest BCUT2D eigenvalue weighted by Gasteiger charge is -2.08. The summed E-state index contributed by atoms with van der Waals surface area (Å²) in [6, 6.07) is 8.19. The van der Waals surface area contributed by atoms with Crippen LogP contribution in [0.25, 0.3) is 0 Å². The van der Waals surface area contributed by atoms with Gasteiger partial charge in [0, 0.05) is 35.6 Å². The zero-order valence-corrected chi connectivity index (χ0v) is 10.7. The minimum absolute atomic E-state index is 0.902. The van der Waals surface area contributed by atoms with Gasteiger partial charge in [0.1, 0.15) is 5.82 Å². The van der Waals surface area contributed by atoms with E-state index in [0.29, 0.717) is 0 Å². The van der Waals surface area contributed by atoms with Crippen LogP contribution in [-0.4, -0.2) is 16.1 Å². The third kappa shape index (κ3) is 2.85. The van der Waals surface area contributed by atoms with Crippen molar-refractivity contribution in [3.8, 4) is 0 Å². The maximum atomic E-state index is 4.18. The first-order chi connectivity index (χ1) is 7.75. The van der Waals surface area contributed by atoms with Gasteiger partial charge >= 0.3 is 0 Å². The summed E-state index contributed by atoms with van der Waals surface area (Å²) in [6.07, 6.45) is 3.83. The molecule has 0 amide bonds. The van der Waals surface area contributed by atoms with Gasteiger partial charge in [0.05, 0.1) is 0 Å². The van der Waals surface area contributed by atoms with Crippen LogP contribution in [0.4, 0.5) is 5.69 Å². The number of hydrogen-bond donors (Lipinski definition) is 1. The highest BCUT2D eigenvalue weighted by atomic mass is 79.9. The fourth-order valence-electron chi connectivity index (χ4n) is 1.53. The SMILES string of the molecule is Cc1nccn1CCNc1ccc(Br)cc1. The molecule has 4 heteroatoms. The lowest BCUT2D eigenvalue weighted by Crippen LogP contribution is -2.10. The number of hydrogen-bond acceptors (Lipinski definition) is 2. The number of nitrogens with zero attached hydrogens (tertiary/aromatic N) is 2. The molecule has 0 spiro atoms. The molecule has 1 heterocycles. The molecule has 1 N–H and O–H groups in total. The smallest absolute Gasteiger partial charge is 0.105 e. The van der Waals surface area contributed by atoms with Gasteiger partial charge in [-0.05, 0) is 31.2 Å². The van der Waals surface area contributed by atoms with Crippen molar-refractivity contribution < 1.29 is 0 Å². The second kappa shape index (κ2) is 5.16. The summed E-state index contributed by atoms with van der Waals surface area (Å²) in [5, 5.41) is 3.37. The highest BCUT2D eigenvalue weighted by molar-refractivity contribution is 9.10. The summed E-state index contributed by atoms with van der Waals surface area (Å²) in [5.74, 6) is 1.05. The van der Waals surface area contributed by atoms with E-state index in [1.54, 1.807) is 0 Å². The van der Waals surface area contributed by atoms with E-state index < -0.39 is 0 Å². The number of halogens is 1. The second-order valence-electron chi connectivity index (χ2n) is 3.60. The van der Waals surface area contributed by atoms with Gasteiger partial charge in [-0.15, -0.1) is 0 Å². The van der Waals surface area contributed by atoms with Crippen LogP contribution in [0, 0.1) is 6.92 Å². The Kier molecular flexibility index (Phi) is 3.62. The molecule has 0 aliphatic heterocycles. The number of benzene rings is 1. The van der Waals surface area contributed by atoms with Crippen molar-refractivity contribution in [2.24, 2.45) is 0 Å². The molecule has 0 bridgehead atoms. The maximum absolute atomic E-state index is 4.18. The van der Waals surface area contributed by atoms with Crippen molar-refractivity contribution >= 4 is 21.6 Å². The number of rotatable bonds is 4. The monoisotopic (exact) mass is 279 g/mol. The molecule has 0 aliphatic rings. The van der Waals surface area contributed by atoms with E-state index in [0.717, 1.165) is 29.1 Å². The molecular weight excluding hydrogens is 266 g/mol. The fourth-order valence-corrected chi connectivity index (χ4v) is 1.79. The van der Waals surface area contributed by atoms with Crippen LogP contribution < -0.4 is 5.32 Å². The minimum Gasteiger partial charge on any atom is -0.383 e. The number of imidazole rings is 1. The largest absolute Gasteiger partial charge is 0.383 e. The summed E-state index contributed by atoms with van der Waals surface area (Å²) >= 11 is 3.41. The molecule has 0 saturated carbocycles. The molecule has 0 aliphatic carbocycles. The highest BCUT2D eigenvalue weighted by Crippen LogP contribution is 2.13. The molecule has 1 aromatic carbocycles. The molecule has 0 unspecified atom stereocenters. The van der Waals surface area contributed by atoms with Crippen LogP contribution >= 0.6 is 15.9 Å². The Hall–Kier alpha value is -1.29. The number of aromatic nitrogens is 2. The molecule has 1 aromatic heterocycles. The van der Waals surface area contributed by atoms with Crippen molar-refractivity contribution in [3.05, 3.63) is 47.0 Å². The average Bonchev–Trinajstić information content (AvgIpc) is 2.68. The van der Waals surface area contributed by atoms with Gasteiger partial charge < -0.3 is 9.88 Å². The first-order valence-corrected chi connectivity index (χ1v) is 6.02. The van der Waals surface area contributed by atoms with E-state index in [9.17, 15) is 0 Å². The van der Waals surface area contributed by atoms with E-state index in [-0.39, 0.29) is 0 Å². The standard InChI is InChI=1S/C12H14BrN3/c1-10-14-6-8-16(10)9-7-15-12-4-2-11(13)3-5-12/h2-6,8,15H,7,9H2,1H3. The average molecular weight is 280 g/mol. The number of nitrogens with one attached hydrogen (secondary N) is 1. The van der Waals surface area contributed by atoms with Gasteiger partial charge in [-0.1, -0.05) is 15.9 Å². The Morgan fingerprint density at radius 3 is 2.69 bits per heavy atom. The summed E-state index contributed by atoms with van der Waals surface area (Å²) in [4.78, 5) is 4.18. The number of aryl methyl sites for hydroxylation is 1. The van der Waals surface area contributed by atoms with Gasteiger partial charge in [-0.2, -0.15) is 0 Å². The zero-order valence-electron chi connectivity index (χ0n) is 9.15. The third-order valence-electron chi connectivity index (χ3n) is 2.45. The predicted octanol–water partition coefficient (Wildman–Crippen LogP) is 3.07. The van der Waals surface area contributed by atoms with E-state index in [1.165, 1.54) is 0 Å². The van der Waals surface area contributed by atoms with Gasteiger partial charge in [0.2, 0.25) is 0 Å². The van der Waals surface area contributed by atoms with E-state index >= 15 is 0 Å². The zero-order chi connectivity index (χ0) is 11.4. The van der Waals surface area contributed by atoms with Crippen LogP contribution in [0.5, 0.6) is 0 Å². The van der Waals surface area contributed by atoms with E-state index in [4.69, 9.17) is 0 Å². The predicted molar refractivity (Wildman–Crippen MR) is 69.6 cm³/mol. The van der Waals surface area contributed by atoms with Crippen molar-refractivity contribution in [2.75, 3.05) is 11.9 Å². The number of anilines is 1. The quantitative estimate of drug-likeness (QED) is 0.932. The topological polar surface area (TPSA) is 29.9 Å². The Morgan fingerprint density at radius 1 is 1.31 bits per heavy atom. The summed E-state index contributed by atoms with van der Waals surface area (Å²) in [5.41, 5.74) is 1.14. The van der Waals surface area contributed by atoms with Crippen LogP contribution in [-0.2, 0) is 6.54 Å². The van der Waals surface area contributed by atoms with Crippen LogP contribution in [0.15, 0.2) is 41.1 Å². The van der Waals surface area contributed by atoms with Crippen LogP contribution in [0.2, 0.25) is 0 Å². The Labute approximate surface area is 104 Å². The summed E-state index contributed by atoms with van der Waals surface area (Å²) in [7, 11) is 0. The molecule has 0 fully saturated rings. The van der Waals surface area contributed by atoms with Gasteiger partial charge in [-0.25, -0.2) is 4.98 Å². The molecule has 16 heavy (non-hydrogen) atoms. The van der Waals surface area contributed by atoms with Crippen LogP contribution in [0.1, 0.15) is 5.82 Å². The molecule has 3 nitrogen and oxygen atoms in total. The molecule has 0 radical (unpaired) electrons. The van der Waals surface area contributed by atoms with Crippen LogP contribution in [0.3, 0.4) is 0 Å². The normalized spacial score (nSPS) is 10.4. The highest BCUT2D eigenvalue weighted by Gasteiger charge is 1.96. The van der Waals surface area contributed by atoms with E-state index in [1.807, 2.05) is 31.5 Å². The molecule has 2 aromatic rings. The first-order valence-electron chi connectivity index (χ1n) is 5.23. The fraction of sp³-hybridized carbons (Fsp3) is 0.250. The van der Waals surface area contributed by atoms with Crippen molar-refractivity contribution in [2.45, 2.75) is 13.5 Å². The van der Waals surface area contributed by atoms with Crippen molar-refractivity contribution in [1.82, 2.24) is 9.55 Å². The van der Waals surface area contributed by atoms with Gasteiger partial charge in [-0.3, -0.25) is 0 Å². The van der Waals surface area contributed by atoms with Crippen molar-refractivity contribution in [1.29, 1.82) is 0 Å². The molecular formula is C12H14BrN3. The minimum atomic E-state index is 0.902.